The van der Waals surface area contributed by atoms with Crippen molar-refractivity contribution in [2.24, 2.45) is 0 Å². The summed E-state index contributed by atoms with van der Waals surface area (Å²) < 4.78 is 13.3. The van der Waals surface area contributed by atoms with Gasteiger partial charge in [-0.15, -0.1) is 0 Å². The molecule has 0 fully saturated rings. The number of rotatable bonds is 7. The van der Waals surface area contributed by atoms with E-state index >= 15 is 0 Å². The highest BCUT2D eigenvalue weighted by Gasteiger charge is 2.17. The Morgan fingerprint density at radius 3 is 2.74 bits per heavy atom. The summed E-state index contributed by atoms with van der Waals surface area (Å²) in [5, 5.41) is 22.2. The molecule has 0 aromatic heterocycles. The lowest BCUT2D eigenvalue weighted by Gasteiger charge is -2.13. The minimum atomic E-state index is -0.968. The van der Waals surface area contributed by atoms with Crippen LogP contribution in [0.3, 0.4) is 0 Å². The maximum Gasteiger partial charge on any atom is 0.320 e. The van der Waals surface area contributed by atoms with Gasteiger partial charge in [-0.05, 0) is 18.1 Å². The van der Waals surface area contributed by atoms with E-state index in [0.717, 1.165) is 12.1 Å². The second-order valence-electron chi connectivity index (χ2n) is 4.10. The van der Waals surface area contributed by atoms with E-state index in [1.807, 2.05) is 6.92 Å². The molecule has 1 aromatic rings. The molecule has 0 amide bonds. The average Bonchev–Trinajstić information content (AvgIpc) is 2.33. The lowest BCUT2D eigenvalue weighted by molar-refractivity contribution is -0.387. The van der Waals surface area contributed by atoms with Crippen LogP contribution in [0.5, 0.6) is 0 Å². The van der Waals surface area contributed by atoms with Crippen molar-refractivity contribution in [3.63, 3.8) is 0 Å². The highest BCUT2D eigenvalue weighted by atomic mass is 19.1. The van der Waals surface area contributed by atoms with Crippen molar-refractivity contribution in [3.8, 4) is 0 Å². The van der Waals surface area contributed by atoms with Gasteiger partial charge in [0.1, 0.15) is 6.04 Å². The molecule has 1 rings (SSSR count). The molecule has 7 heteroatoms. The summed E-state index contributed by atoms with van der Waals surface area (Å²) in [5.74, 6) is -1.89. The van der Waals surface area contributed by atoms with E-state index in [4.69, 9.17) is 5.11 Å². The zero-order valence-corrected chi connectivity index (χ0v) is 10.4. The van der Waals surface area contributed by atoms with Crippen LogP contribution in [-0.4, -0.2) is 22.0 Å². The number of benzene rings is 1. The molecule has 0 saturated carbocycles. The number of carbonyl (C=O) groups is 1. The second-order valence-corrected chi connectivity index (χ2v) is 4.10. The van der Waals surface area contributed by atoms with Crippen molar-refractivity contribution < 1.29 is 19.2 Å². The zero-order chi connectivity index (χ0) is 14.4. The van der Waals surface area contributed by atoms with Crippen molar-refractivity contribution in [2.75, 3.05) is 0 Å². The van der Waals surface area contributed by atoms with Gasteiger partial charge in [0.2, 0.25) is 5.82 Å². The summed E-state index contributed by atoms with van der Waals surface area (Å²) in [5.41, 5.74) is -0.127. The van der Waals surface area contributed by atoms with E-state index in [0.29, 0.717) is 18.4 Å². The van der Waals surface area contributed by atoms with Crippen LogP contribution in [0, 0.1) is 15.9 Å². The smallest absolute Gasteiger partial charge is 0.320 e. The lowest BCUT2D eigenvalue weighted by atomic mass is 10.1. The Morgan fingerprint density at radius 1 is 1.58 bits per heavy atom. The highest BCUT2D eigenvalue weighted by molar-refractivity contribution is 5.73. The molecule has 0 aliphatic heterocycles. The molecule has 104 valence electrons. The van der Waals surface area contributed by atoms with Gasteiger partial charge in [0, 0.05) is 12.6 Å². The molecule has 1 atom stereocenters. The lowest BCUT2D eigenvalue weighted by Crippen LogP contribution is -2.36. The standard InChI is InChI=1S/C12H15FN2O4/c1-2-3-10(12(16)17)14-7-8-4-5-11(15(18)19)9(13)6-8/h4-6,10,14H,2-3,7H2,1H3,(H,16,17). The molecule has 1 unspecified atom stereocenters. The molecule has 0 aliphatic rings. The molecule has 0 heterocycles. The normalized spacial score (nSPS) is 12.1. The summed E-state index contributed by atoms with van der Waals surface area (Å²) >= 11 is 0. The first kappa shape index (κ1) is 15.0. The number of carboxylic acids is 1. The number of nitro benzene ring substituents is 1. The third-order valence-electron chi connectivity index (χ3n) is 2.64. The van der Waals surface area contributed by atoms with E-state index in [9.17, 15) is 19.3 Å². The third kappa shape index (κ3) is 4.29. The van der Waals surface area contributed by atoms with Gasteiger partial charge >= 0.3 is 11.7 Å². The first-order valence-electron chi connectivity index (χ1n) is 5.84. The summed E-state index contributed by atoms with van der Waals surface area (Å²) in [6, 6.07) is 2.81. The summed E-state index contributed by atoms with van der Waals surface area (Å²) in [7, 11) is 0. The number of aliphatic carboxylic acids is 1. The van der Waals surface area contributed by atoms with Gasteiger partial charge in [0.25, 0.3) is 0 Å². The van der Waals surface area contributed by atoms with Gasteiger partial charge in [-0.3, -0.25) is 14.9 Å². The van der Waals surface area contributed by atoms with E-state index in [-0.39, 0.29) is 6.54 Å². The Kier molecular flexibility index (Phi) is 5.37. The van der Waals surface area contributed by atoms with E-state index in [1.165, 1.54) is 6.07 Å². The number of hydrogen-bond acceptors (Lipinski definition) is 4. The predicted octanol–water partition coefficient (Wildman–Crippen LogP) is 2.08. The molecule has 0 saturated heterocycles. The topological polar surface area (TPSA) is 92.5 Å². The maximum atomic E-state index is 13.3. The van der Waals surface area contributed by atoms with Gasteiger partial charge in [0.05, 0.1) is 4.92 Å². The average molecular weight is 270 g/mol. The van der Waals surface area contributed by atoms with Crippen molar-refractivity contribution >= 4 is 11.7 Å². The predicted molar refractivity (Wildman–Crippen MR) is 66.2 cm³/mol. The second kappa shape index (κ2) is 6.79. The largest absolute Gasteiger partial charge is 0.480 e. The SMILES string of the molecule is CCCC(NCc1ccc([N+](=O)[O-])c(F)c1)C(=O)O. The molecule has 0 radical (unpaired) electrons. The van der Waals surface area contributed by atoms with Crippen LogP contribution in [0.4, 0.5) is 10.1 Å². The van der Waals surface area contributed by atoms with Crippen LogP contribution in [0.15, 0.2) is 18.2 Å². The highest BCUT2D eigenvalue weighted by Crippen LogP contribution is 2.18. The number of halogens is 1. The van der Waals surface area contributed by atoms with Crippen LogP contribution < -0.4 is 5.32 Å². The van der Waals surface area contributed by atoms with Crippen molar-refractivity contribution in [1.29, 1.82) is 0 Å². The molecule has 0 aliphatic carbocycles. The van der Waals surface area contributed by atoms with Gasteiger partial charge < -0.3 is 10.4 Å². The molecule has 0 spiro atoms. The van der Waals surface area contributed by atoms with E-state index < -0.39 is 28.4 Å². The fourth-order valence-electron chi connectivity index (χ4n) is 1.65. The van der Waals surface area contributed by atoms with Crippen molar-refractivity contribution in [2.45, 2.75) is 32.4 Å². The summed E-state index contributed by atoms with van der Waals surface area (Å²) in [4.78, 5) is 20.5. The fraction of sp³-hybridized carbons (Fsp3) is 0.417. The number of hydrogen-bond donors (Lipinski definition) is 2. The quantitative estimate of drug-likeness (QED) is 0.584. The Bertz CT molecular complexity index is 479. The molecule has 1 aromatic carbocycles. The fourth-order valence-corrected chi connectivity index (χ4v) is 1.65. The molecular formula is C12H15FN2O4. The van der Waals surface area contributed by atoms with Crippen LogP contribution in [0.25, 0.3) is 0 Å². The van der Waals surface area contributed by atoms with Crippen LogP contribution in [-0.2, 0) is 11.3 Å². The van der Waals surface area contributed by atoms with Crippen molar-refractivity contribution in [3.05, 3.63) is 39.7 Å². The minimum absolute atomic E-state index is 0.145. The van der Waals surface area contributed by atoms with Crippen LogP contribution >= 0.6 is 0 Å². The monoisotopic (exact) mass is 270 g/mol. The first-order valence-corrected chi connectivity index (χ1v) is 5.84. The van der Waals surface area contributed by atoms with Crippen molar-refractivity contribution in [1.82, 2.24) is 5.32 Å². The van der Waals surface area contributed by atoms with E-state index in [2.05, 4.69) is 5.32 Å². The number of nitrogens with zero attached hydrogens (tertiary/aromatic N) is 1. The Balaban J connectivity index is 2.70. The summed E-state index contributed by atoms with van der Waals surface area (Å²) in [6.45, 7) is 2.01. The molecule has 19 heavy (non-hydrogen) atoms. The Labute approximate surface area is 109 Å². The minimum Gasteiger partial charge on any atom is -0.480 e. The van der Waals surface area contributed by atoms with Gasteiger partial charge in [-0.1, -0.05) is 19.4 Å². The van der Waals surface area contributed by atoms with Gasteiger partial charge in [-0.25, -0.2) is 0 Å². The van der Waals surface area contributed by atoms with Crippen LogP contribution in [0.2, 0.25) is 0 Å². The number of carboxylic acid groups (broad SMARTS) is 1. The van der Waals surface area contributed by atoms with Gasteiger partial charge in [-0.2, -0.15) is 4.39 Å². The Morgan fingerprint density at radius 2 is 2.26 bits per heavy atom. The molecule has 2 N–H and O–H groups in total. The van der Waals surface area contributed by atoms with Gasteiger partial charge in [0.15, 0.2) is 0 Å². The first-order chi connectivity index (χ1) is 8.95. The molecular weight excluding hydrogens is 255 g/mol. The zero-order valence-electron chi connectivity index (χ0n) is 10.4. The third-order valence-corrected chi connectivity index (χ3v) is 2.64. The number of nitrogens with one attached hydrogen (secondary N) is 1. The number of nitro groups is 1. The maximum absolute atomic E-state index is 13.3. The Hall–Kier alpha value is -2.02. The van der Waals surface area contributed by atoms with E-state index in [1.54, 1.807) is 0 Å². The summed E-state index contributed by atoms with van der Waals surface area (Å²) in [6.07, 6.45) is 1.17. The molecule has 0 bridgehead atoms. The molecule has 6 nitrogen and oxygen atoms in total. The van der Waals surface area contributed by atoms with Crippen LogP contribution in [0.1, 0.15) is 25.3 Å².